The number of sulfone groups is 1. The van der Waals surface area contributed by atoms with Crippen molar-refractivity contribution >= 4 is 27.0 Å². The zero-order valence-electron chi connectivity index (χ0n) is 5.57. The predicted molar refractivity (Wildman–Crippen MR) is 43.5 cm³/mol. The van der Waals surface area contributed by atoms with Gasteiger partial charge in [0, 0.05) is 12.2 Å². The SMILES string of the molecule is CS(=O)(=O)[C@H]1C[C@H]1C(N)=S. The van der Waals surface area contributed by atoms with Crippen molar-refractivity contribution in [3.8, 4) is 0 Å². The molecule has 0 unspecified atom stereocenters. The molecule has 10 heavy (non-hydrogen) atoms. The van der Waals surface area contributed by atoms with Gasteiger partial charge in [-0.15, -0.1) is 0 Å². The largest absolute Gasteiger partial charge is 0.393 e. The van der Waals surface area contributed by atoms with E-state index < -0.39 is 9.84 Å². The molecule has 0 bridgehead atoms. The van der Waals surface area contributed by atoms with E-state index in [1.54, 1.807) is 0 Å². The van der Waals surface area contributed by atoms with Gasteiger partial charge in [0.05, 0.1) is 10.2 Å². The Morgan fingerprint density at radius 1 is 1.70 bits per heavy atom. The summed E-state index contributed by atoms with van der Waals surface area (Å²) in [6, 6.07) is 0. The number of nitrogens with two attached hydrogens (primary N) is 1. The fourth-order valence-corrected chi connectivity index (χ4v) is 2.59. The lowest BCUT2D eigenvalue weighted by Crippen LogP contribution is -2.16. The molecule has 1 aliphatic carbocycles. The molecule has 0 aromatic rings. The van der Waals surface area contributed by atoms with Gasteiger partial charge in [-0.25, -0.2) is 8.42 Å². The Hall–Kier alpha value is -0.160. The van der Waals surface area contributed by atoms with Crippen LogP contribution in [0.1, 0.15) is 6.42 Å². The molecule has 1 saturated carbocycles. The van der Waals surface area contributed by atoms with E-state index in [1.807, 2.05) is 0 Å². The van der Waals surface area contributed by atoms with Crippen molar-refractivity contribution < 1.29 is 8.42 Å². The molecule has 0 heterocycles. The first kappa shape index (κ1) is 7.94. The summed E-state index contributed by atoms with van der Waals surface area (Å²) in [5, 5.41) is -0.287. The number of hydrogen-bond acceptors (Lipinski definition) is 3. The van der Waals surface area contributed by atoms with Gasteiger partial charge >= 0.3 is 0 Å². The first-order valence-corrected chi connectivity index (χ1v) is 5.27. The van der Waals surface area contributed by atoms with Gasteiger partial charge < -0.3 is 5.73 Å². The molecule has 1 aliphatic rings. The Kier molecular flexibility index (Phi) is 1.72. The van der Waals surface area contributed by atoms with Gasteiger partial charge in [0.1, 0.15) is 0 Å². The van der Waals surface area contributed by atoms with E-state index in [0.717, 1.165) is 0 Å². The van der Waals surface area contributed by atoms with Crippen LogP contribution in [-0.2, 0) is 9.84 Å². The Balaban J connectivity index is 2.64. The van der Waals surface area contributed by atoms with Gasteiger partial charge in [-0.2, -0.15) is 0 Å². The first-order chi connectivity index (χ1) is 4.43. The summed E-state index contributed by atoms with van der Waals surface area (Å²) in [6.07, 6.45) is 1.84. The summed E-state index contributed by atoms with van der Waals surface area (Å²) >= 11 is 4.64. The Morgan fingerprint density at radius 2 is 2.20 bits per heavy atom. The van der Waals surface area contributed by atoms with E-state index in [4.69, 9.17) is 5.73 Å². The van der Waals surface area contributed by atoms with E-state index in [0.29, 0.717) is 11.4 Å². The Bertz CT molecular complexity index is 257. The van der Waals surface area contributed by atoms with Crippen LogP contribution in [0.4, 0.5) is 0 Å². The van der Waals surface area contributed by atoms with Gasteiger partial charge in [-0.3, -0.25) is 0 Å². The van der Waals surface area contributed by atoms with Gasteiger partial charge in [-0.05, 0) is 6.42 Å². The predicted octanol–water partition coefficient (Wildman–Crippen LogP) is -0.294. The molecule has 3 nitrogen and oxygen atoms in total. The lowest BCUT2D eigenvalue weighted by molar-refractivity contribution is 0.600. The molecule has 2 N–H and O–H groups in total. The van der Waals surface area contributed by atoms with Crippen molar-refractivity contribution in [2.75, 3.05) is 6.26 Å². The molecule has 0 amide bonds. The Morgan fingerprint density at radius 3 is 2.30 bits per heavy atom. The van der Waals surface area contributed by atoms with Gasteiger partial charge in [-0.1, -0.05) is 12.2 Å². The van der Waals surface area contributed by atoms with Crippen LogP contribution in [0.25, 0.3) is 0 Å². The maximum atomic E-state index is 10.8. The highest BCUT2D eigenvalue weighted by molar-refractivity contribution is 7.91. The Labute approximate surface area is 65.5 Å². The van der Waals surface area contributed by atoms with Crippen LogP contribution < -0.4 is 5.73 Å². The van der Waals surface area contributed by atoms with Gasteiger partial charge in [0.15, 0.2) is 9.84 Å². The second-order valence-electron chi connectivity index (χ2n) is 2.61. The van der Waals surface area contributed by atoms with E-state index in [2.05, 4.69) is 12.2 Å². The average Bonchev–Trinajstić information content (AvgIpc) is 2.35. The van der Waals surface area contributed by atoms with Crippen molar-refractivity contribution in [2.45, 2.75) is 11.7 Å². The quantitative estimate of drug-likeness (QED) is 0.592. The third kappa shape index (κ3) is 1.46. The standard InChI is InChI=1S/C5H9NO2S2/c1-10(7,8)4-2-3(4)5(6)9/h3-4H,2H2,1H3,(H2,6,9)/t3-,4+/m1/s1. The second kappa shape index (κ2) is 2.17. The molecular formula is C5H9NO2S2. The molecule has 2 atom stereocenters. The molecule has 5 heteroatoms. The van der Waals surface area contributed by atoms with E-state index >= 15 is 0 Å². The van der Waals surface area contributed by atoms with Crippen molar-refractivity contribution in [3.63, 3.8) is 0 Å². The normalized spacial score (nSPS) is 31.7. The highest BCUT2D eigenvalue weighted by Crippen LogP contribution is 2.36. The van der Waals surface area contributed by atoms with Crippen LogP contribution in [0, 0.1) is 5.92 Å². The number of hydrogen-bond donors (Lipinski definition) is 1. The first-order valence-electron chi connectivity index (χ1n) is 2.91. The van der Waals surface area contributed by atoms with Crippen LogP contribution in [0.15, 0.2) is 0 Å². The molecular weight excluding hydrogens is 170 g/mol. The zero-order valence-corrected chi connectivity index (χ0v) is 7.21. The molecule has 58 valence electrons. The maximum Gasteiger partial charge on any atom is 0.151 e. The minimum Gasteiger partial charge on any atom is -0.393 e. The highest BCUT2D eigenvalue weighted by atomic mass is 32.2. The van der Waals surface area contributed by atoms with Crippen LogP contribution in [0.2, 0.25) is 0 Å². The summed E-state index contributed by atoms with van der Waals surface area (Å²) in [5.74, 6) is -0.0509. The summed E-state index contributed by atoms with van der Waals surface area (Å²) in [5.41, 5.74) is 5.25. The zero-order chi connectivity index (χ0) is 7.94. The van der Waals surface area contributed by atoms with Crippen molar-refractivity contribution in [3.05, 3.63) is 0 Å². The molecule has 0 radical (unpaired) electrons. The molecule has 1 fully saturated rings. The lowest BCUT2D eigenvalue weighted by atomic mass is 10.4. The summed E-state index contributed by atoms with van der Waals surface area (Å²) < 4.78 is 21.6. The minimum absolute atomic E-state index is 0.0509. The minimum atomic E-state index is -2.89. The van der Waals surface area contributed by atoms with Crippen molar-refractivity contribution in [1.82, 2.24) is 0 Å². The van der Waals surface area contributed by atoms with E-state index in [-0.39, 0.29) is 11.2 Å². The topological polar surface area (TPSA) is 60.2 Å². The molecule has 0 saturated heterocycles. The number of thiocarbonyl (C=S) groups is 1. The van der Waals surface area contributed by atoms with E-state index in [9.17, 15) is 8.42 Å². The molecule has 0 spiro atoms. The van der Waals surface area contributed by atoms with Gasteiger partial charge in [0.25, 0.3) is 0 Å². The summed E-state index contributed by atoms with van der Waals surface area (Å²) in [4.78, 5) is 0.329. The fourth-order valence-electron chi connectivity index (χ4n) is 0.944. The van der Waals surface area contributed by atoms with Gasteiger partial charge in [0.2, 0.25) is 0 Å². The lowest BCUT2D eigenvalue weighted by Gasteiger charge is -1.92. The third-order valence-corrected chi connectivity index (χ3v) is 3.57. The van der Waals surface area contributed by atoms with E-state index in [1.165, 1.54) is 6.26 Å². The molecule has 0 aliphatic heterocycles. The van der Waals surface area contributed by atoms with Crippen molar-refractivity contribution in [1.29, 1.82) is 0 Å². The third-order valence-electron chi connectivity index (χ3n) is 1.65. The summed E-state index contributed by atoms with van der Waals surface area (Å²) in [7, 11) is -2.89. The monoisotopic (exact) mass is 179 g/mol. The average molecular weight is 179 g/mol. The van der Waals surface area contributed by atoms with Crippen LogP contribution in [0.5, 0.6) is 0 Å². The molecule has 0 aromatic heterocycles. The smallest absolute Gasteiger partial charge is 0.151 e. The second-order valence-corrected chi connectivity index (χ2v) is 5.35. The van der Waals surface area contributed by atoms with Crippen molar-refractivity contribution in [2.24, 2.45) is 11.7 Å². The number of rotatable bonds is 2. The maximum absolute atomic E-state index is 10.8. The fraction of sp³-hybridized carbons (Fsp3) is 0.800. The van der Waals surface area contributed by atoms with Crippen LogP contribution >= 0.6 is 12.2 Å². The molecule has 0 aromatic carbocycles. The summed E-state index contributed by atoms with van der Waals surface area (Å²) in [6.45, 7) is 0. The highest BCUT2D eigenvalue weighted by Gasteiger charge is 2.46. The van der Waals surface area contributed by atoms with Crippen LogP contribution in [-0.4, -0.2) is 24.9 Å². The molecule has 1 rings (SSSR count). The van der Waals surface area contributed by atoms with Crippen LogP contribution in [0.3, 0.4) is 0 Å².